The summed E-state index contributed by atoms with van der Waals surface area (Å²) in [5.74, 6) is -0.410. The third-order valence-electron chi connectivity index (χ3n) is 3.62. The summed E-state index contributed by atoms with van der Waals surface area (Å²) in [6.45, 7) is 4.27. The highest BCUT2D eigenvalue weighted by atomic mass is 32.2. The average molecular weight is 300 g/mol. The molecule has 20 heavy (non-hydrogen) atoms. The van der Waals surface area contributed by atoms with Gasteiger partial charge in [-0.05, 0) is 57.0 Å². The maximum Gasteiger partial charge on any atom is 0.241 e. The molecule has 1 aliphatic carbocycles. The molecule has 4 nitrogen and oxygen atoms in total. The fourth-order valence-electron chi connectivity index (χ4n) is 2.45. The lowest BCUT2D eigenvalue weighted by molar-refractivity contribution is 0.329. The summed E-state index contributed by atoms with van der Waals surface area (Å²) in [6.07, 6.45) is 2.39. The van der Waals surface area contributed by atoms with Crippen molar-refractivity contribution >= 4 is 10.0 Å². The van der Waals surface area contributed by atoms with Crippen molar-refractivity contribution < 1.29 is 12.8 Å². The number of aryl methyl sites for hydroxylation is 2. The van der Waals surface area contributed by atoms with Crippen LogP contribution < -0.4 is 4.72 Å². The second kappa shape index (κ2) is 5.79. The second-order valence-electron chi connectivity index (χ2n) is 5.48. The van der Waals surface area contributed by atoms with Gasteiger partial charge in [0.05, 0.1) is 4.90 Å². The summed E-state index contributed by atoms with van der Waals surface area (Å²) in [5.41, 5.74) is 0.871. The first-order valence-electron chi connectivity index (χ1n) is 6.78. The molecule has 0 atom stereocenters. The van der Waals surface area contributed by atoms with Crippen LogP contribution in [-0.2, 0) is 10.0 Å². The minimum atomic E-state index is -3.58. The van der Waals surface area contributed by atoms with Gasteiger partial charge in [-0.15, -0.1) is 0 Å². The highest BCUT2D eigenvalue weighted by Gasteiger charge is 2.26. The van der Waals surface area contributed by atoms with Crippen LogP contribution in [-0.4, -0.2) is 39.5 Å². The van der Waals surface area contributed by atoms with Gasteiger partial charge in [-0.2, -0.15) is 0 Å². The van der Waals surface area contributed by atoms with Crippen LogP contribution in [0.3, 0.4) is 0 Å². The van der Waals surface area contributed by atoms with Crippen molar-refractivity contribution in [2.24, 2.45) is 0 Å². The summed E-state index contributed by atoms with van der Waals surface area (Å²) in [7, 11) is -1.58. The lowest BCUT2D eigenvalue weighted by atomic mass is 10.1. The zero-order valence-corrected chi connectivity index (χ0v) is 12.9. The molecule has 0 saturated heterocycles. The van der Waals surface area contributed by atoms with Crippen LogP contribution in [0.15, 0.2) is 17.0 Å². The number of hydrogen-bond donors (Lipinski definition) is 1. The Morgan fingerprint density at radius 2 is 1.85 bits per heavy atom. The van der Waals surface area contributed by atoms with Crippen LogP contribution in [0.2, 0.25) is 0 Å². The zero-order valence-electron chi connectivity index (χ0n) is 12.1. The van der Waals surface area contributed by atoms with E-state index in [2.05, 4.69) is 9.62 Å². The number of likely N-dealkylation sites (N-methyl/N-ethyl adjacent to an activating group) is 1. The molecule has 0 radical (unpaired) electrons. The van der Waals surface area contributed by atoms with Crippen LogP contribution in [0.4, 0.5) is 4.39 Å². The number of nitrogens with one attached hydrogen (secondary N) is 1. The van der Waals surface area contributed by atoms with Gasteiger partial charge in [0.2, 0.25) is 10.0 Å². The fourth-order valence-corrected chi connectivity index (χ4v) is 3.92. The zero-order chi connectivity index (χ0) is 14.9. The Labute approximate surface area is 120 Å². The third kappa shape index (κ3) is 3.56. The Kier molecular flexibility index (Phi) is 4.46. The molecule has 1 aromatic rings. The van der Waals surface area contributed by atoms with Gasteiger partial charge >= 0.3 is 0 Å². The SMILES string of the molecule is Cc1cc(F)cc(C)c1S(=O)(=O)NCCN(C)C1CC1. The third-order valence-corrected chi connectivity index (χ3v) is 5.39. The van der Waals surface area contributed by atoms with E-state index in [0.29, 0.717) is 30.3 Å². The van der Waals surface area contributed by atoms with Crippen LogP contribution in [0, 0.1) is 19.7 Å². The van der Waals surface area contributed by atoms with Gasteiger partial charge in [0.15, 0.2) is 0 Å². The first kappa shape index (κ1) is 15.4. The van der Waals surface area contributed by atoms with Crippen molar-refractivity contribution in [3.63, 3.8) is 0 Å². The lowest BCUT2D eigenvalue weighted by Gasteiger charge is -2.17. The fraction of sp³-hybridized carbons (Fsp3) is 0.571. The summed E-state index contributed by atoms with van der Waals surface area (Å²) in [5, 5.41) is 0. The quantitative estimate of drug-likeness (QED) is 0.872. The Bertz CT molecular complexity index is 574. The lowest BCUT2D eigenvalue weighted by Crippen LogP contribution is -2.34. The number of nitrogens with zero attached hydrogens (tertiary/aromatic N) is 1. The number of rotatable bonds is 6. The van der Waals surface area contributed by atoms with E-state index in [1.165, 1.54) is 25.0 Å². The van der Waals surface area contributed by atoms with E-state index >= 15 is 0 Å². The van der Waals surface area contributed by atoms with Crippen LogP contribution >= 0.6 is 0 Å². The maximum absolute atomic E-state index is 13.2. The molecule has 1 aliphatic rings. The number of halogens is 1. The van der Waals surface area contributed by atoms with Crippen molar-refractivity contribution in [3.05, 3.63) is 29.1 Å². The molecular formula is C14H21FN2O2S. The molecule has 0 heterocycles. The van der Waals surface area contributed by atoms with E-state index in [1.54, 1.807) is 13.8 Å². The number of sulfonamides is 1. The Morgan fingerprint density at radius 1 is 1.30 bits per heavy atom. The molecule has 0 aliphatic heterocycles. The van der Waals surface area contributed by atoms with E-state index in [0.717, 1.165) is 0 Å². The van der Waals surface area contributed by atoms with E-state index in [1.807, 2.05) is 7.05 Å². The van der Waals surface area contributed by atoms with Crippen molar-refractivity contribution in [3.8, 4) is 0 Å². The molecule has 112 valence electrons. The molecule has 1 fully saturated rings. The molecule has 0 aromatic heterocycles. The molecule has 1 aromatic carbocycles. The molecule has 0 spiro atoms. The van der Waals surface area contributed by atoms with Gasteiger partial charge in [-0.1, -0.05) is 0 Å². The first-order chi connectivity index (χ1) is 9.31. The largest absolute Gasteiger partial charge is 0.302 e. The van der Waals surface area contributed by atoms with Crippen LogP contribution in [0.25, 0.3) is 0 Å². The summed E-state index contributed by atoms with van der Waals surface area (Å²) in [4.78, 5) is 2.35. The Morgan fingerprint density at radius 3 is 2.35 bits per heavy atom. The highest BCUT2D eigenvalue weighted by Crippen LogP contribution is 2.25. The van der Waals surface area contributed by atoms with Gasteiger partial charge in [-0.3, -0.25) is 0 Å². The second-order valence-corrected chi connectivity index (χ2v) is 7.18. The Balaban J connectivity index is 2.06. The average Bonchev–Trinajstić information content (AvgIpc) is 3.09. The molecule has 2 rings (SSSR count). The van der Waals surface area contributed by atoms with Crippen molar-refractivity contribution in [2.45, 2.75) is 37.6 Å². The van der Waals surface area contributed by atoms with Crippen molar-refractivity contribution in [1.29, 1.82) is 0 Å². The van der Waals surface area contributed by atoms with Gasteiger partial charge in [0.1, 0.15) is 5.82 Å². The van der Waals surface area contributed by atoms with E-state index in [-0.39, 0.29) is 4.90 Å². The monoisotopic (exact) mass is 300 g/mol. The number of benzene rings is 1. The molecule has 1 N–H and O–H groups in total. The van der Waals surface area contributed by atoms with Crippen LogP contribution in [0.1, 0.15) is 24.0 Å². The van der Waals surface area contributed by atoms with Gasteiger partial charge in [-0.25, -0.2) is 17.5 Å². The summed E-state index contributed by atoms with van der Waals surface area (Å²) < 4.78 is 40.4. The van der Waals surface area contributed by atoms with Gasteiger partial charge in [0.25, 0.3) is 0 Å². The predicted molar refractivity (Wildman–Crippen MR) is 76.7 cm³/mol. The Hall–Kier alpha value is -0.980. The minimum absolute atomic E-state index is 0.188. The molecule has 0 amide bonds. The molecule has 1 saturated carbocycles. The normalized spacial score (nSPS) is 15.8. The standard InChI is InChI=1S/C14H21FN2O2S/c1-10-8-12(15)9-11(2)14(10)20(18,19)16-6-7-17(3)13-4-5-13/h8-9,13,16H,4-7H2,1-3H3. The minimum Gasteiger partial charge on any atom is -0.302 e. The van der Waals surface area contributed by atoms with Crippen molar-refractivity contribution in [1.82, 2.24) is 9.62 Å². The maximum atomic E-state index is 13.2. The summed E-state index contributed by atoms with van der Waals surface area (Å²) >= 11 is 0. The molecule has 0 bridgehead atoms. The van der Waals surface area contributed by atoms with E-state index in [4.69, 9.17) is 0 Å². The van der Waals surface area contributed by atoms with E-state index < -0.39 is 15.8 Å². The highest BCUT2D eigenvalue weighted by molar-refractivity contribution is 7.89. The van der Waals surface area contributed by atoms with Gasteiger partial charge in [0, 0.05) is 19.1 Å². The molecule has 6 heteroatoms. The molecular weight excluding hydrogens is 279 g/mol. The van der Waals surface area contributed by atoms with Gasteiger partial charge < -0.3 is 4.90 Å². The summed E-state index contributed by atoms with van der Waals surface area (Å²) in [6, 6.07) is 3.10. The number of hydrogen-bond acceptors (Lipinski definition) is 3. The topological polar surface area (TPSA) is 49.4 Å². The van der Waals surface area contributed by atoms with Crippen molar-refractivity contribution in [2.75, 3.05) is 20.1 Å². The van der Waals surface area contributed by atoms with E-state index in [9.17, 15) is 12.8 Å². The molecule has 0 unspecified atom stereocenters. The smallest absolute Gasteiger partial charge is 0.241 e. The van der Waals surface area contributed by atoms with Crippen LogP contribution in [0.5, 0.6) is 0 Å². The first-order valence-corrected chi connectivity index (χ1v) is 8.26. The predicted octanol–water partition coefficient (Wildman–Crippen LogP) is 1.82.